The molecule has 94 valence electrons. The molecule has 0 bridgehead atoms. The minimum absolute atomic E-state index is 0.0572. The highest BCUT2D eigenvalue weighted by molar-refractivity contribution is 5.84. The maximum absolute atomic E-state index is 11.3. The minimum Gasteiger partial charge on any atom is -0.484 e. The third-order valence-corrected chi connectivity index (χ3v) is 2.42. The summed E-state index contributed by atoms with van der Waals surface area (Å²) in [6.07, 6.45) is 0. The van der Waals surface area contributed by atoms with Gasteiger partial charge in [0.2, 0.25) is 0 Å². The van der Waals surface area contributed by atoms with Gasteiger partial charge in [0.25, 0.3) is 5.91 Å². The number of carbonyl (C=O) groups is 1. The van der Waals surface area contributed by atoms with Gasteiger partial charge in [0.05, 0.1) is 6.61 Å². The zero-order chi connectivity index (χ0) is 12.8. The maximum Gasteiger partial charge on any atom is 0.281 e. The van der Waals surface area contributed by atoms with Crippen LogP contribution in [0.2, 0.25) is 0 Å². The van der Waals surface area contributed by atoms with Crippen molar-refractivity contribution in [2.45, 2.75) is 6.92 Å². The summed E-state index contributed by atoms with van der Waals surface area (Å²) >= 11 is 0. The SMILES string of the molecule is CCONC(=O)COc1ccc2ccccc2c1. The van der Waals surface area contributed by atoms with Gasteiger partial charge in [-0.2, -0.15) is 0 Å². The van der Waals surface area contributed by atoms with Crippen LogP contribution in [0.15, 0.2) is 42.5 Å². The monoisotopic (exact) mass is 245 g/mol. The first-order valence-electron chi connectivity index (χ1n) is 5.82. The smallest absolute Gasteiger partial charge is 0.281 e. The summed E-state index contributed by atoms with van der Waals surface area (Å²) in [4.78, 5) is 16.1. The van der Waals surface area contributed by atoms with Gasteiger partial charge >= 0.3 is 0 Å². The predicted octanol–water partition coefficient (Wildman–Crippen LogP) is 2.29. The Bertz CT molecular complexity index is 539. The van der Waals surface area contributed by atoms with E-state index in [0.717, 1.165) is 10.8 Å². The van der Waals surface area contributed by atoms with Crippen LogP contribution in [0.5, 0.6) is 5.75 Å². The second-order valence-corrected chi connectivity index (χ2v) is 3.76. The molecule has 0 atom stereocenters. The summed E-state index contributed by atoms with van der Waals surface area (Å²) < 4.78 is 5.38. The summed E-state index contributed by atoms with van der Waals surface area (Å²) in [6.45, 7) is 2.17. The largest absolute Gasteiger partial charge is 0.484 e. The van der Waals surface area contributed by atoms with Crippen LogP contribution in [0.3, 0.4) is 0 Å². The molecule has 0 aromatic heterocycles. The number of nitrogens with one attached hydrogen (secondary N) is 1. The minimum atomic E-state index is -0.301. The van der Waals surface area contributed by atoms with E-state index in [1.807, 2.05) is 42.5 Å². The Hall–Kier alpha value is -2.07. The lowest BCUT2D eigenvalue weighted by Gasteiger charge is -2.07. The molecule has 0 spiro atoms. The van der Waals surface area contributed by atoms with Gasteiger partial charge in [0.1, 0.15) is 5.75 Å². The van der Waals surface area contributed by atoms with Crippen LogP contribution in [0, 0.1) is 0 Å². The van der Waals surface area contributed by atoms with Crippen LogP contribution in [-0.2, 0) is 9.63 Å². The normalized spacial score (nSPS) is 10.3. The molecule has 0 fully saturated rings. The molecule has 0 saturated carbocycles. The van der Waals surface area contributed by atoms with Crippen LogP contribution in [0.4, 0.5) is 0 Å². The molecule has 2 aromatic rings. The quantitative estimate of drug-likeness (QED) is 0.822. The van der Waals surface area contributed by atoms with Crippen molar-refractivity contribution in [3.8, 4) is 5.75 Å². The fourth-order valence-corrected chi connectivity index (χ4v) is 1.59. The first-order chi connectivity index (χ1) is 8.79. The van der Waals surface area contributed by atoms with E-state index in [4.69, 9.17) is 9.57 Å². The summed E-state index contributed by atoms with van der Waals surface area (Å²) in [5.74, 6) is 0.366. The fourth-order valence-electron chi connectivity index (χ4n) is 1.59. The van der Waals surface area contributed by atoms with Crippen LogP contribution < -0.4 is 10.2 Å². The number of benzene rings is 2. The van der Waals surface area contributed by atoms with Crippen molar-refractivity contribution in [1.82, 2.24) is 5.48 Å². The van der Waals surface area contributed by atoms with E-state index < -0.39 is 0 Å². The standard InChI is InChI=1S/C14H15NO3/c1-2-18-15-14(16)10-17-13-8-7-11-5-3-4-6-12(11)9-13/h3-9H,2,10H2,1H3,(H,15,16). The molecule has 4 nitrogen and oxygen atoms in total. The van der Waals surface area contributed by atoms with Crippen molar-refractivity contribution in [3.05, 3.63) is 42.5 Å². The fraction of sp³-hybridized carbons (Fsp3) is 0.214. The van der Waals surface area contributed by atoms with Gasteiger partial charge in [-0.15, -0.1) is 0 Å². The molecule has 0 unspecified atom stereocenters. The summed E-state index contributed by atoms with van der Waals surface area (Å²) in [5.41, 5.74) is 2.28. The molecule has 0 radical (unpaired) electrons. The van der Waals surface area contributed by atoms with Crippen molar-refractivity contribution in [1.29, 1.82) is 0 Å². The number of hydrogen-bond donors (Lipinski definition) is 1. The van der Waals surface area contributed by atoms with E-state index in [9.17, 15) is 4.79 Å². The van der Waals surface area contributed by atoms with Crippen molar-refractivity contribution in [2.75, 3.05) is 13.2 Å². The second-order valence-electron chi connectivity index (χ2n) is 3.76. The van der Waals surface area contributed by atoms with Crippen molar-refractivity contribution in [2.24, 2.45) is 0 Å². The van der Waals surface area contributed by atoms with Crippen molar-refractivity contribution < 1.29 is 14.4 Å². The molecule has 0 saturated heterocycles. The number of hydroxylamine groups is 1. The van der Waals surface area contributed by atoms with Gasteiger partial charge in [0, 0.05) is 0 Å². The average molecular weight is 245 g/mol. The Morgan fingerprint density at radius 2 is 1.94 bits per heavy atom. The zero-order valence-corrected chi connectivity index (χ0v) is 10.2. The van der Waals surface area contributed by atoms with Gasteiger partial charge < -0.3 is 4.74 Å². The third-order valence-electron chi connectivity index (χ3n) is 2.42. The van der Waals surface area contributed by atoms with Crippen LogP contribution in [-0.4, -0.2) is 19.1 Å². The molecule has 1 N–H and O–H groups in total. The van der Waals surface area contributed by atoms with Crippen molar-refractivity contribution >= 4 is 16.7 Å². The topological polar surface area (TPSA) is 47.6 Å². The van der Waals surface area contributed by atoms with E-state index in [1.165, 1.54) is 0 Å². The molecule has 4 heteroatoms. The highest BCUT2D eigenvalue weighted by Gasteiger charge is 2.02. The summed E-state index contributed by atoms with van der Waals surface area (Å²) in [6, 6.07) is 13.7. The second kappa shape index (κ2) is 6.02. The van der Waals surface area contributed by atoms with Gasteiger partial charge in [-0.25, -0.2) is 5.48 Å². The zero-order valence-electron chi connectivity index (χ0n) is 10.2. The molecule has 0 heterocycles. The van der Waals surface area contributed by atoms with E-state index in [0.29, 0.717) is 12.4 Å². The molecular formula is C14H15NO3. The first-order valence-corrected chi connectivity index (χ1v) is 5.82. The molecule has 18 heavy (non-hydrogen) atoms. The van der Waals surface area contributed by atoms with Crippen LogP contribution in [0.25, 0.3) is 10.8 Å². The van der Waals surface area contributed by atoms with E-state index in [-0.39, 0.29) is 12.5 Å². The Morgan fingerprint density at radius 1 is 1.17 bits per heavy atom. The molecular weight excluding hydrogens is 230 g/mol. The maximum atomic E-state index is 11.3. The Balaban J connectivity index is 1.97. The highest BCUT2D eigenvalue weighted by atomic mass is 16.7. The van der Waals surface area contributed by atoms with Crippen LogP contribution >= 0.6 is 0 Å². The molecule has 1 amide bonds. The first kappa shape index (κ1) is 12.4. The van der Waals surface area contributed by atoms with Gasteiger partial charge in [0.15, 0.2) is 6.61 Å². The molecule has 0 aliphatic rings. The van der Waals surface area contributed by atoms with Gasteiger partial charge in [-0.1, -0.05) is 30.3 Å². The van der Waals surface area contributed by atoms with Crippen molar-refractivity contribution in [3.63, 3.8) is 0 Å². The summed E-state index contributed by atoms with van der Waals surface area (Å²) in [7, 11) is 0. The van der Waals surface area contributed by atoms with E-state index in [1.54, 1.807) is 6.92 Å². The third kappa shape index (κ3) is 3.21. The Morgan fingerprint density at radius 3 is 2.72 bits per heavy atom. The van der Waals surface area contributed by atoms with E-state index >= 15 is 0 Å². The number of carbonyl (C=O) groups excluding carboxylic acids is 1. The van der Waals surface area contributed by atoms with Gasteiger partial charge in [-0.05, 0) is 29.8 Å². The molecule has 0 aliphatic carbocycles. The molecule has 2 aromatic carbocycles. The molecule has 0 aliphatic heterocycles. The summed E-state index contributed by atoms with van der Waals surface area (Å²) in [5, 5.41) is 2.23. The highest BCUT2D eigenvalue weighted by Crippen LogP contribution is 2.20. The Labute approximate surface area is 105 Å². The number of rotatable bonds is 5. The predicted molar refractivity (Wildman–Crippen MR) is 69.2 cm³/mol. The lowest BCUT2D eigenvalue weighted by Crippen LogP contribution is -2.28. The number of fused-ring (bicyclic) bond motifs is 1. The molecule has 2 rings (SSSR count). The lowest BCUT2D eigenvalue weighted by atomic mass is 10.1. The number of hydrogen-bond acceptors (Lipinski definition) is 3. The number of ether oxygens (including phenoxy) is 1. The lowest BCUT2D eigenvalue weighted by molar-refractivity contribution is -0.135. The number of amides is 1. The van der Waals surface area contributed by atoms with Gasteiger partial charge in [-0.3, -0.25) is 9.63 Å². The Kier molecular flexibility index (Phi) is 4.15. The van der Waals surface area contributed by atoms with E-state index in [2.05, 4.69) is 5.48 Å². The average Bonchev–Trinajstić information content (AvgIpc) is 2.42. The van der Waals surface area contributed by atoms with Crippen LogP contribution in [0.1, 0.15) is 6.92 Å².